The van der Waals surface area contributed by atoms with Gasteiger partial charge in [0.15, 0.2) is 0 Å². The van der Waals surface area contributed by atoms with Crippen molar-refractivity contribution < 1.29 is 9.90 Å². The number of piperidine rings is 1. The van der Waals surface area contributed by atoms with E-state index in [4.69, 9.17) is 5.11 Å². The minimum absolute atomic E-state index is 0.0153. The van der Waals surface area contributed by atoms with Crippen LogP contribution in [0.2, 0.25) is 0 Å². The first-order valence-electron chi connectivity index (χ1n) is 6.79. The van der Waals surface area contributed by atoms with E-state index in [0.717, 1.165) is 19.3 Å². The molecule has 17 heavy (non-hydrogen) atoms. The summed E-state index contributed by atoms with van der Waals surface area (Å²) in [6.45, 7) is 11.2. The summed E-state index contributed by atoms with van der Waals surface area (Å²) in [7, 11) is 0. The van der Waals surface area contributed by atoms with Gasteiger partial charge in [-0.2, -0.15) is 0 Å². The van der Waals surface area contributed by atoms with Crippen molar-refractivity contribution in [1.82, 2.24) is 4.90 Å². The van der Waals surface area contributed by atoms with E-state index in [0.29, 0.717) is 5.92 Å². The molecule has 0 aliphatic carbocycles. The third-order valence-corrected chi connectivity index (χ3v) is 5.22. The van der Waals surface area contributed by atoms with Crippen molar-refractivity contribution in [3.05, 3.63) is 0 Å². The van der Waals surface area contributed by atoms with E-state index in [1.807, 2.05) is 0 Å². The van der Waals surface area contributed by atoms with Gasteiger partial charge in [0.2, 0.25) is 0 Å². The van der Waals surface area contributed by atoms with Crippen LogP contribution >= 0.6 is 0 Å². The predicted molar refractivity (Wildman–Crippen MR) is 70.1 cm³/mol. The van der Waals surface area contributed by atoms with Crippen LogP contribution in [0.15, 0.2) is 0 Å². The van der Waals surface area contributed by atoms with Gasteiger partial charge in [-0.1, -0.05) is 20.8 Å². The first-order chi connectivity index (χ1) is 7.80. The lowest BCUT2D eigenvalue weighted by Gasteiger charge is -2.58. The fourth-order valence-corrected chi connectivity index (χ4v) is 3.27. The van der Waals surface area contributed by atoms with Gasteiger partial charge in [-0.05, 0) is 45.4 Å². The number of likely N-dealkylation sites (tertiary alicyclic amines) is 1. The summed E-state index contributed by atoms with van der Waals surface area (Å²) < 4.78 is 0. The van der Waals surface area contributed by atoms with Gasteiger partial charge in [-0.3, -0.25) is 9.69 Å². The van der Waals surface area contributed by atoms with Crippen LogP contribution in [0.3, 0.4) is 0 Å². The lowest BCUT2D eigenvalue weighted by Crippen LogP contribution is -2.65. The van der Waals surface area contributed by atoms with Gasteiger partial charge in [-0.15, -0.1) is 0 Å². The predicted octanol–water partition coefficient (Wildman–Crippen LogP) is 3.14. The molecule has 1 aliphatic heterocycles. The number of nitrogens with zero attached hydrogens (tertiary/aromatic N) is 1. The maximum atomic E-state index is 11.1. The molecule has 0 aromatic heterocycles. The number of hydrogen-bond acceptors (Lipinski definition) is 2. The Balaban J connectivity index is 3.09. The van der Waals surface area contributed by atoms with Crippen molar-refractivity contribution in [2.75, 3.05) is 6.54 Å². The Morgan fingerprint density at radius 1 is 1.35 bits per heavy atom. The summed E-state index contributed by atoms with van der Waals surface area (Å²) in [4.78, 5) is 13.4. The Kier molecular flexibility index (Phi) is 4.23. The number of hydrogen-bond donors (Lipinski definition) is 1. The van der Waals surface area contributed by atoms with Crippen LogP contribution < -0.4 is 0 Å². The Labute approximate surface area is 105 Å². The largest absolute Gasteiger partial charge is 0.480 e. The summed E-state index contributed by atoms with van der Waals surface area (Å²) in [5.41, 5.74) is 0.0526. The van der Waals surface area contributed by atoms with Crippen LogP contribution in [0.25, 0.3) is 0 Å². The highest BCUT2D eigenvalue weighted by Crippen LogP contribution is 2.45. The molecule has 0 spiro atoms. The van der Waals surface area contributed by atoms with Crippen molar-refractivity contribution in [3.63, 3.8) is 0 Å². The van der Waals surface area contributed by atoms with E-state index in [-0.39, 0.29) is 17.6 Å². The molecule has 0 radical (unpaired) electrons. The zero-order valence-corrected chi connectivity index (χ0v) is 11.9. The maximum Gasteiger partial charge on any atom is 0.317 e. The minimum atomic E-state index is -0.710. The third kappa shape index (κ3) is 2.49. The van der Waals surface area contributed by atoms with Gasteiger partial charge in [-0.25, -0.2) is 0 Å². The molecule has 1 saturated heterocycles. The van der Waals surface area contributed by atoms with Gasteiger partial charge in [0.05, 0.1) is 6.54 Å². The number of carboxylic acid groups (broad SMARTS) is 1. The molecule has 3 atom stereocenters. The number of aliphatic carboxylic acids is 1. The summed E-state index contributed by atoms with van der Waals surface area (Å²) in [5, 5.41) is 9.17. The van der Waals surface area contributed by atoms with Crippen LogP contribution in [0.4, 0.5) is 0 Å². The molecule has 0 aromatic carbocycles. The minimum Gasteiger partial charge on any atom is -0.480 e. The normalized spacial score (nSPS) is 39.2. The summed E-state index contributed by atoms with van der Waals surface area (Å²) in [6, 6.07) is 0. The average molecular weight is 241 g/mol. The fourth-order valence-electron chi connectivity index (χ4n) is 3.27. The molecule has 0 aromatic rings. The monoisotopic (exact) mass is 241 g/mol. The molecule has 100 valence electrons. The Morgan fingerprint density at radius 3 is 2.35 bits per heavy atom. The second kappa shape index (κ2) is 4.97. The number of carboxylic acids is 1. The topological polar surface area (TPSA) is 40.5 Å². The lowest BCUT2D eigenvalue weighted by atomic mass is 9.69. The SMILES string of the molecule is CCC1(C)CCC(C)C(C)(CC)N1CC(=O)O. The summed E-state index contributed by atoms with van der Waals surface area (Å²) in [6.07, 6.45) is 4.33. The molecule has 1 fully saturated rings. The molecule has 0 amide bonds. The average Bonchev–Trinajstić information content (AvgIpc) is 2.30. The van der Waals surface area contributed by atoms with E-state index in [9.17, 15) is 4.79 Å². The van der Waals surface area contributed by atoms with Crippen molar-refractivity contribution in [2.45, 2.75) is 71.4 Å². The van der Waals surface area contributed by atoms with Crippen LogP contribution in [0.5, 0.6) is 0 Å². The van der Waals surface area contributed by atoms with Crippen LogP contribution in [0.1, 0.15) is 60.3 Å². The van der Waals surface area contributed by atoms with Crippen LogP contribution in [-0.2, 0) is 4.79 Å². The Hall–Kier alpha value is -0.570. The van der Waals surface area contributed by atoms with Crippen molar-refractivity contribution >= 4 is 5.97 Å². The summed E-state index contributed by atoms with van der Waals surface area (Å²) >= 11 is 0. The molecule has 0 bridgehead atoms. The smallest absolute Gasteiger partial charge is 0.317 e. The molecule has 1 aliphatic rings. The zero-order valence-electron chi connectivity index (χ0n) is 11.9. The van der Waals surface area contributed by atoms with E-state index < -0.39 is 5.97 Å². The van der Waals surface area contributed by atoms with Crippen LogP contribution in [0, 0.1) is 5.92 Å². The lowest BCUT2D eigenvalue weighted by molar-refractivity contribution is -0.149. The van der Waals surface area contributed by atoms with Gasteiger partial charge in [0.25, 0.3) is 0 Å². The van der Waals surface area contributed by atoms with E-state index in [1.165, 1.54) is 6.42 Å². The quantitative estimate of drug-likeness (QED) is 0.822. The first kappa shape index (κ1) is 14.5. The standard InChI is InChI=1S/C14H27NO2/c1-6-13(4)9-8-11(3)14(5,7-2)15(13)10-12(16)17/h11H,6-10H2,1-5H3,(H,16,17). The van der Waals surface area contributed by atoms with Crippen molar-refractivity contribution in [1.29, 1.82) is 0 Å². The van der Waals surface area contributed by atoms with E-state index >= 15 is 0 Å². The van der Waals surface area contributed by atoms with Crippen molar-refractivity contribution in [3.8, 4) is 0 Å². The van der Waals surface area contributed by atoms with E-state index in [1.54, 1.807) is 0 Å². The highest BCUT2D eigenvalue weighted by Gasteiger charge is 2.48. The van der Waals surface area contributed by atoms with Gasteiger partial charge >= 0.3 is 5.97 Å². The molecule has 1 rings (SSSR count). The molecule has 0 saturated carbocycles. The van der Waals surface area contributed by atoms with Gasteiger partial charge in [0, 0.05) is 11.1 Å². The molecule has 3 unspecified atom stereocenters. The maximum absolute atomic E-state index is 11.1. The van der Waals surface area contributed by atoms with Crippen LogP contribution in [-0.4, -0.2) is 33.6 Å². The number of rotatable bonds is 4. The highest BCUT2D eigenvalue weighted by atomic mass is 16.4. The van der Waals surface area contributed by atoms with Gasteiger partial charge in [0.1, 0.15) is 0 Å². The Morgan fingerprint density at radius 2 is 1.94 bits per heavy atom. The highest BCUT2D eigenvalue weighted by molar-refractivity contribution is 5.69. The van der Waals surface area contributed by atoms with Gasteiger partial charge < -0.3 is 5.11 Å². The first-order valence-corrected chi connectivity index (χ1v) is 6.79. The molecular weight excluding hydrogens is 214 g/mol. The molecule has 1 heterocycles. The summed E-state index contributed by atoms with van der Waals surface area (Å²) in [5.74, 6) is -0.148. The molecule has 3 nitrogen and oxygen atoms in total. The fraction of sp³-hybridized carbons (Fsp3) is 0.929. The van der Waals surface area contributed by atoms with Crippen molar-refractivity contribution in [2.24, 2.45) is 5.92 Å². The second-order valence-electron chi connectivity index (χ2n) is 5.98. The molecule has 3 heteroatoms. The molecular formula is C14H27NO2. The Bertz CT molecular complexity index is 292. The third-order valence-electron chi connectivity index (χ3n) is 5.22. The number of carbonyl (C=O) groups is 1. The second-order valence-corrected chi connectivity index (χ2v) is 5.98. The zero-order chi connectivity index (χ0) is 13.3. The van der Waals surface area contributed by atoms with E-state index in [2.05, 4.69) is 39.5 Å². The molecule has 1 N–H and O–H groups in total.